The number of nitrogen functional groups attached to an aromatic ring is 1. The number of nitrogens with two attached hydrogens (primary N) is 1. The van der Waals surface area contributed by atoms with E-state index in [9.17, 15) is 4.79 Å². The van der Waals surface area contributed by atoms with Crippen LogP contribution in [0.25, 0.3) is 0 Å². The third-order valence-electron chi connectivity index (χ3n) is 3.09. The molecule has 18 heavy (non-hydrogen) atoms. The Hall–Kier alpha value is -1.51. The number of hydrogen-bond donors (Lipinski definition) is 1. The number of benzene rings is 1. The average molecular weight is 249 g/mol. The maximum Gasteiger partial charge on any atom is 0.165 e. The van der Waals surface area contributed by atoms with Gasteiger partial charge in [0.15, 0.2) is 5.78 Å². The van der Waals surface area contributed by atoms with Crippen LogP contribution < -0.4 is 10.5 Å². The minimum absolute atomic E-state index is 0.114. The number of Topliss-reactive ketones (excluding diaryl/α,β-unsaturated/α-hetero) is 1. The van der Waals surface area contributed by atoms with Crippen molar-refractivity contribution >= 4 is 11.5 Å². The van der Waals surface area contributed by atoms with Crippen LogP contribution in [0.2, 0.25) is 0 Å². The average Bonchev–Trinajstić information content (AvgIpc) is 2.38. The lowest BCUT2D eigenvalue weighted by Gasteiger charge is -2.09. The van der Waals surface area contributed by atoms with Crippen molar-refractivity contribution in [2.24, 2.45) is 0 Å². The third kappa shape index (κ3) is 4.06. The van der Waals surface area contributed by atoms with Crippen LogP contribution in [-0.2, 0) is 0 Å². The van der Waals surface area contributed by atoms with E-state index in [0.29, 0.717) is 23.4 Å². The molecule has 1 aromatic rings. The van der Waals surface area contributed by atoms with Gasteiger partial charge in [0.2, 0.25) is 0 Å². The van der Waals surface area contributed by atoms with Gasteiger partial charge in [-0.05, 0) is 18.6 Å². The van der Waals surface area contributed by atoms with Gasteiger partial charge in [-0.25, -0.2) is 0 Å². The van der Waals surface area contributed by atoms with Gasteiger partial charge in [-0.1, -0.05) is 38.7 Å². The van der Waals surface area contributed by atoms with Crippen molar-refractivity contribution in [1.82, 2.24) is 0 Å². The minimum Gasteiger partial charge on any atom is -0.495 e. The Morgan fingerprint density at radius 1 is 1.22 bits per heavy atom. The van der Waals surface area contributed by atoms with Crippen molar-refractivity contribution in [1.29, 1.82) is 0 Å². The summed E-state index contributed by atoms with van der Waals surface area (Å²) in [4.78, 5) is 12.0. The van der Waals surface area contributed by atoms with Gasteiger partial charge >= 0.3 is 0 Å². The lowest BCUT2D eigenvalue weighted by molar-refractivity contribution is 0.0979. The van der Waals surface area contributed by atoms with E-state index < -0.39 is 0 Å². The molecule has 0 atom stereocenters. The Labute approximate surface area is 109 Å². The summed E-state index contributed by atoms with van der Waals surface area (Å²) in [5.74, 6) is 0.690. The van der Waals surface area contributed by atoms with Crippen LogP contribution in [0, 0.1) is 0 Å². The lowest BCUT2D eigenvalue weighted by atomic mass is 10.0. The molecule has 0 heterocycles. The summed E-state index contributed by atoms with van der Waals surface area (Å²) in [6, 6.07) is 5.35. The van der Waals surface area contributed by atoms with Gasteiger partial charge < -0.3 is 10.5 Å². The first-order valence-electron chi connectivity index (χ1n) is 6.66. The number of carbonyl (C=O) groups is 1. The lowest BCUT2D eigenvalue weighted by Crippen LogP contribution is -2.05. The quantitative estimate of drug-likeness (QED) is 0.433. The molecular formula is C15H23NO2. The molecular weight excluding hydrogens is 226 g/mol. The van der Waals surface area contributed by atoms with Crippen LogP contribution in [0.15, 0.2) is 18.2 Å². The highest BCUT2D eigenvalue weighted by molar-refractivity contribution is 6.01. The molecule has 0 fully saturated rings. The molecule has 0 radical (unpaired) electrons. The molecule has 100 valence electrons. The van der Waals surface area contributed by atoms with Crippen LogP contribution in [0.4, 0.5) is 5.69 Å². The molecule has 2 N–H and O–H groups in total. The molecule has 3 heteroatoms. The molecule has 1 aromatic carbocycles. The zero-order chi connectivity index (χ0) is 13.4. The number of unbranched alkanes of at least 4 members (excludes halogenated alkanes) is 4. The highest BCUT2D eigenvalue weighted by atomic mass is 16.5. The summed E-state index contributed by atoms with van der Waals surface area (Å²) in [7, 11) is 1.56. The predicted octanol–water partition coefficient (Wildman–Crippen LogP) is 3.82. The number of rotatable bonds is 8. The molecule has 0 aliphatic heterocycles. The predicted molar refractivity (Wildman–Crippen MR) is 75.1 cm³/mol. The molecule has 0 saturated carbocycles. The molecule has 0 aliphatic carbocycles. The highest BCUT2D eigenvalue weighted by Gasteiger charge is 2.12. The molecule has 3 nitrogen and oxygen atoms in total. The van der Waals surface area contributed by atoms with Gasteiger partial charge in [-0.3, -0.25) is 4.79 Å². The number of para-hydroxylation sites is 1. The Balaban J connectivity index is 2.51. The number of hydrogen-bond acceptors (Lipinski definition) is 3. The largest absolute Gasteiger partial charge is 0.495 e. The summed E-state index contributed by atoms with van der Waals surface area (Å²) < 4.78 is 5.12. The first-order chi connectivity index (χ1) is 8.70. The fourth-order valence-corrected chi connectivity index (χ4v) is 1.99. The Morgan fingerprint density at radius 2 is 1.94 bits per heavy atom. The van der Waals surface area contributed by atoms with E-state index in [0.717, 1.165) is 12.8 Å². The van der Waals surface area contributed by atoms with Crippen molar-refractivity contribution in [2.45, 2.75) is 45.4 Å². The van der Waals surface area contributed by atoms with Crippen LogP contribution in [-0.4, -0.2) is 12.9 Å². The second-order valence-electron chi connectivity index (χ2n) is 4.51. The SMILES string of the molecule is CCCCCCCC(=O)c1cccc(OC)c1N. The van der Waals surface area contributed by atoms with E-state index in [-0.39, 0.29) is 5.78 Å². The maximum atomic E-state index is 12.0. The Kier molecular flexibility index (Phi) is 6.26. The smallest absolute Gasteiger partial charge is 0.165 e. The second-order valence-corrected chi connectivity index (χ2v) is 4.51. The van der Waals surface area contributed by atoms with Crippen molar-refractivity contribution in [3.05, 3.63) is 23.8 Å². The molecule has 1 rings (SSSR count). The molecule has 0 bridgehead atoms. The van der Waals surface area contributed by atoms with Crippen LogP contribution >= 0.6 is 0 Å². The molecule has 0 aromatic heterocycles. The van der Waals surface area contributed by atoms with Crippen molar-refractivity contribution < 1.29 is 9.53 Å². The van der Waals surface area contributed by atoms with Crippen LogP contribution in [0.3, 0.4) is 0 Å². The van der Waals surface area contributed by atoms with E-state index in [2.05, 4.69) is 6.92 Å². The van der Waals surface area contributed by atoms with E-state index in [4.69, 9.17) is 10.5 Å². The van der Waals surface area contributed by atoms with E-state index in [1.165, 1.54) is 19.3 Å². The summed E-state index contributed by atoms with van der Waals surface area (Å²) in [6.07, 6.45) is 6.30. The molecule has 0 spiro atoms. The molecule has 0 saturated heterocycles. The highest BCUT2D eigenvalue weighted by Crippen LogP contribution is 2.26. The maximum absolute atomic E-state index is 12.0. The number of methoxy groups -OCH3 is 1. The topological polar surface area (TPSA) is 52.3 Å². The van der Waals surface area contributed by atoms with Gasteiger partial charge in [0.1, 0.15) is 5.75 Å². The van der Waals surface area contributed by atoms with Crippen LogP contribution in [0.1, 0.15) is 55.8 Å². The Morgan fingerprint density at radius 3 is 2.61 bits per heavy atom. The van der Waals surface area contributed by atoms with Gasteiger partial charge in [-0.2, -0.15) is 0 Å². The van der Waals surface area contributed by atoms with Gasteiger partial charge in [-0.15, -0.1) is 0 Å². The first-order valence-corrected chi connectivity index (χ1v) is 6.66. The summed E-state index contributed by atoms with van der Waals surface area (Å²) >= 11 is 0. The zero-order valence-electron chi connectivity index (χ0n) is 11.4. The first kappa shape index (κ1) is 14.6. The van der Waals surface area contributed by atoms with Crippen LogP contribution in [0.5, 0.6) is 5.75 Å². The fraction of sp³-hybridized carbons (Fsp3) is 0.533. The fourth-order valence-electron chi connectivity index (χ4n) is 1.99. The van der Waals surface area contributed by atoms with Gasteiger partial charge in [0.05, 0.1) is 12.8 Å². The number of carbonyl (C=O) groups excluding carboxylic acids is 1. The standard InChI is InChI=1S/C15H23NO2/c1-3-4-5-6-7-10-13(17)12-9-8-11-14(18-2)15(12)16/h8-9,11H,3-7,10,16H2,1-2H3. The molecule has 0 amide bonds. The van der Waals surface area contributed by atoms with Crippen molar-refractivity contribution in [3.8, 4) is 5.75 Å². The second kappa shape index (κ2) is 7.75. The van der Waals surface area contributed by atoms with E-state index in [1.54, 1.807) is 25.3 Å². The third-order valence-corrected chi connectivity index (χ3v) is 3.09. The Bertz CT molecular complexity index is 388. The number of anilines is 1. The molecule has 0 aliphatic rings. The summed E-state index contributed by atoms with van der Waals surface area (Å²) in [5.41, 5.74) is 6.95. The monoisotopic (exact) mass is 249 g/mol. The van der Waals surface area contributed by atoms with Gasteiger partial charge in [0.25, 0.3) is 0 Å². The number of ketones is 1. The minimum atomic E-state index is 0.114. The van der Waals surface area contributed by atoms with Gasteiger partial charge in [0, 0.05) is 12.0 Å². The normalized spacial score (nSPS) is 10.3. The van der Waals surface area contributed by atoms with Crippen molar-refractivity contribution in [3.63, 3.8) is 0 Å². The summed E-state index contributed by atoms with van der Waals surface area (Å²) in [6.45, 7) is 2.18. The summed E-state index contributed by atoms with van der Waals surface area (Å²) in [5, 5.41) is 0. The number of ether oxygens (including phenoxy) is 1. The van der Waals surface area contributed by atoms with E-state index in [1.807, 2.05) is 0 Å². The molecule has 0 unspecified atom stereocenters. The van der Waals surface area contributed by atoms with Crippen molar-refractivity contribution in [2.75, 3.05) is 12.8 Å². The zero-order valence-corrected chi connectivity index (χ0v) is 11.4. The van der Waals surface area contributed by atoms with E-state index >= 15 is 0 Å².